The molecule has 0 fully saturated rings. The number of unbranched alkanes of at least 4 members (excludes halogenated alkanes) is 1. The number of hydrogen-bond donors (Lipinski definition) is 1. The third-order valence-electron chi connectivity index (χ3n) is 3.02. The third kappa shape index (κ3) is 5.81. The number of halogens is 1. The molecule has 0 radical (unpaired) electrons. The summed E-state index contributed by atoms with van der Waals surface area (Å²) in [4.78, 5) is 13.0. The first-order chi connectivity index (χ1) is 9.86. The number of sulfonamides is 1. The number of carbonyl (C=O) groups excluding carboxylic acids is 1. The smallest absolute Gasteiger partial charge is 0.240 e. The predicted octanol–water partition coefficient (Wildman–Crippen LogP) is 1.75. The maximum Gasteiger partial charge on any atom is 0.240 e. The van der Waals surface area contributed by atoms with Gasteiger partial charge in [0.15, 0.2) is 0 Å². The summed E-state index contributed by atoms with van der Waals surface area (Å²) in [6.45, 7) is 4.54. The van der Waals surface area contributed by atoms with Gasteiger partial charge in [-0.15, -0.1) is 0 Å². The Morgan fingerprint density at radius 2 is 1.86 bits per heavy atom. The highest BCUT2D eigenvalue weighted by atomic mass is 32.2. The summed E-state index contributed by atoms with van der Waals surface area (Å²) in [5.74, 6) is -0.569. The van der Waals surface area contributed by atoms with E-state index in [1.807, 2.05) is 6.92 Å². The van der Waals surface area contributed by atoms with E-state index < -0.39 is 15.8 Å². The summed E-state index contributed by atoms with van der Waals surface area (Å²) in [7, 11) is -3.67. The van der Waals surface area contributed by atoms with Crippen molar-refractivity contribution in [2.75, 3.05) is 19.6 Å². The highest BCUT2D eigenvalue weighted by Crippen LogP contribution is 2.09. The van der Waals surface area contributed by atoms with Gasteiger partial charge in [0.05, 0.1) is 4.90 Å². The lowest BCUT2D eigenvalue weighted by Crippen LogP contribution is -2.38. The Morgan fingerprint density at radius 3 is 2.38 bits per heavy atom. The van der Waals surface area contributed by atoms with E-state index in [4.69, 9.17) is 0 Å². The van der Waals surface area contributed by atoms with Crippen molar-refractivity contribution in [2.24, 2.45) is 0 Å². The Kier molecular flexibility index (Phi) is 6.77. The first-order valence-electron chi connectivity index (χ1n) is 6.87. The molecule has 7 heteroatoms. The Morgan fingerprint density at radius 1 is 1.24 bits per heavy atom. The van der Waals surface area contributed by atoms with E-state index in [0.717, 1.165) is 25.0 Å². The van der Waals surface area contributed by atoms with Gasteiger partial charge in [0.2, 0.25) is 15.9 Å². The van der Waals surface area contributed by atoms with Gasteiger partial charge < -0.3 is 4.90 Å². The molecule has 1 aromatic rings. The molecule has 0 heterocycles. The summed E-state index contributed by atoms with van der Waals surface area (Å²) in [6, 6.07) is 4.60. The normalized spacial score (nSPS) is 11.4. The van der Waals surface area contributed by atoms with Crippen molar-refractivity contribution in [3.05, 3.63) is 30.1 Å². The summed E-state index contributed by atoms with van der Waals surface area (Å²) >= 11 is 0. The van der Waals surface area contributed by atoms with Crippen LogP contribution in [-0.4, -0.2) is 38.9 Å². The molecule has 1 N–H and O–H groups in total. The van der Waals surface area contributed by atoms with Gasteiger partial charge in [-0.3, -0.25) is 4.79 Å². The fourth-order valence-electron chi connectivity index (χ4n) is 1.79. The van der Waals surface area contributed by atoms with Crippen LogP contribution < -0.4 is 4.72 Å². The van der Waals surface area contributed by atoms with Crippen LogP contribution in [0, 0.1) is 5.82 Å². The molecule has 0 aliphatic rings. The summed E-state index contributed by atoms with van der Waals surface area (Å²) in [6.07, 6.45) is 1.84. The van der Waals surface area contributed by atoms with E-state index in [1.165, 1.54) is 19.1 Å². The van der Waals surface area contributed by atoms with E-state index in [0.29, 0.717) is 13.1 Å². The molecule has 0 atom stereocenters. The maximum absolute atomic E-state index is 12.8. The number of amides is 1. The molecule has 21 heavy (non-hydrogen) atoms. The molecule has 0 saturated carbocycles. The zero-order valence-electron chi connectivity index (χ0n) is 12.3. The van der Waals surface area contributed by atoms with Crippen LogP contribution in [0.25, 0.3) is 0 Å². The third-order valence-corrected chi connectivity index (χ3v) is 4.50. The van der Waals surface area contributed by atoms with Gasteiger partial charge >= 0.3 is 0 Å². The van der Waals surface area contributed by atoms with Crippen molar-refractivity contribution in [3.63, 3.8) is 0 Å². The van der Waals surface area contributed by atoms with Crippen molar-refractivity contribution >= 4 is 15.9 Å². The summed E-state index contributed by atoms with van der Waals surface area (Å²) < 4.78 is 39.1. The molecule has 0 saturated heterocycles. The molecular formula is C14H21FN2O3S. The molecule has 0 unspecified atom stereocenters. The second-order valence-corrected chi connectivity index (χ2v) is 6.48. The summed E-state index contributed by atoms with van der Waals surface area (Å²) in [5.41, 5.74) is 0. The SMILES string of the molecule is CCCCN(CCNS(=O)(=O)c1ccc(F)cc1)C(C)=O. The molecule has 0 aliphatic heterocycles. The van der Waals surface area contributed by atoms with Crippen LogP contribution in [-0.2, 0) is 14.8 Å². The molecule has 0 aromatic heterocycles. The molecule has 1 rings (SSSR count). The number of nitrogens with zero attached hydrogens (tertiary/aromatic N) is 1. The van der Waals surface area contributed by atoms with Crippen LogP contribution in [0.2, 0.25) is 0 Å². The van der Waals surface area contributed by atoms with Gasteiger partial charge in [-0.05, 0) is 30.7 Å². The minimum atomic E-state index is -3.67. The maximum atomic E-state index is 12.8. The van der Waals surface area contributed by atoms with Crippen molar-refractivity contribution in [3.8, 4) is 0 Å². The van der Waals surface area contributed by atoms with E-state index in [2.05, 4.69) is 4.72 Å². The van der Waals surface area contributed by atoms with Crippen LogP contribution in [0.5, 0.6) is 0 Å². The fraction of sp³-hybridized carbons (Fsp3) is 0.500. The highest BCUT2D eigenvalue weighted by Gasteiger charge is 2.15. The Labute approximate surface area is 125 Å². The Balaban J connectivity index is 2.56. The van der Waals surface area contributed by atoms with E-state index in [1.54, 1.807) is 4.90 Å². The van der Waals surface area contributed by atoms with Crippen molar-refractivity contribution in [1.29, 1.82) is 0 Å². The molecule has 1 aromatic carbocycles. The second-order valence-electron chi connectivity index (χ2n) is 4.71. The number of nitrogens with one attached hydrogen (secondary N) is 1. The monoisotopic (exact) mass is 316 g/mol. The van der Waals surface area contributed by atoms with Gasteiger partial charge in [0, 0.05) is 26.6 Å². The average Bonchev–Trinajstić information content (AvgIpc) is 2.42. The standard InChI is InChI=1S/C14H21FN2O3S/c1-3-4-10-17(12(2)18)11-9-16-21(19,20)14-7-5-13(15)6-8-14/h5-8,16H,3-4,9-11H2,1-2H3. The zero-order valence-corrected chi connectivity index (χ0v) is 13.1. The lowest BCUT2D eigenvalue weighted by molar-refractivity contribution is -0.128. The Hall–Kier alpha value is -1.47. The minimum Gasteiger partial charge on any atom is -0.342 e. The topological polar surface area (TPSA) is 66.5 Å². The predicted molar refractivity (Wildman–Crippen MR) is 78.8 cm³/mol. The summed E-state index contributed by atoms with van der Waals surface area (Å²) in [5, 5.41) is 0. The lowest BCUT2D eigenvalue weighted by Gasteiger charge is -2.20. The van der Waals surface area contributed by atoms with Gasteiger partial charge in [0.1, 0.15) is 5.82 Å². The van der Waals surface area contributed by atoms with Crippen molar-refractivity contribution in [2.45, 2.75) is 31.6 Å². The molecule has 1 amide bonds. The number of carbonyl (C=O) groups is 1. The van der Waals surface area contributed by atoms with Gasteiger partial charge in [-0.1, -0.05) is 13.3 Å². The lowest BCUT2D eigenvalue weighted by atomic mass is 10.3. The van der Waals surface area contributed by atoms with Crippen molar-refractivity contribution in [1.82, 2.24) is 9.62 Å². The van der Waals surface area contributed by atoms with Gasteiger partial charge in [0.25, 0.3) is 0 Å². The number of rotatable bonds is 8. The molecule has 118 valence electrons. The first kappa shape index (κ1) is 17.6. The fourth-order valence-corrected chi connectivity index (χ4v) is 2.81. The van der Waals surface area contributed by atoms with Gasteiger partial charge in [-0.2, -0.15) is 0 Å². The Bertz CT molecular complexity index is 558. The van der Waals surface area contributed by atoms with Crippen LogP contribution >= 0.6 is 0 Å². The van der Waals surface area contributed by atoms with Crippen LogP contribution in [0.15, 0.2) is 29.2 Å². The van der Waals surface area contributed by atoms with Crippen LogP contribution in [0.4, 0.5) is 4.39 Å². The molecule has 0 spiro atoms. The molecule has 0 aliphatic carbocycles. The van der Waals surface area contributed by atoms with Crippen LogP contribution in [0.3, 0.4) is 0 Å². The second kappa shape index (κ2) is 8.09. The highest BCUT2D eigenvalue weighted by molar-refractivity contribution is 7.89. The van der Waals surface area contributed by atoms with Crippen LogP contribution in [0.1, 0.15) is 26.7 Å². The zero-order chi connectivity index (χ0) is 15.9. The number of hydrogen-bond acceptors (Lipinski definition) is 3. The van der Waals surface area contributed by atoms with Gasteiger partial charge in [-0.25, -0.2) is 17.5 Å². The quantitative estimate of drug-likeness (QED) is 0.794. The van der Waals surface area contributed by atoms with E-state index in [9.17, 15) is 17.6 Å². The van der Waals surface area contributed by atoms with Crippen molar-refractivity contribution < 1.29 is 17.6 Å². The first-order valence-corrected chi connectivity index (χ1v) is 8.36. The largest absolute Gasteiger partial charge is 0.342 e. The molecule has 5 nitrogen and oxygen atoms in total. The van der Waals surface area contributed by atoms with E-state index in [-0.39, 0.29) is 17.3 Å². The molecular weight excluding hydrogens is 295 g/mol. The number of benzene rings is 1. The average molecular weight is 316 g/mol. The molecule has 0 bridgehead atoms. The van der Waals surface area contributed by atoms with E-state index >= 15 is 0 Å². The minimum absolute atomic E-state index is 0.00633.